The molecule has 0 aliphatic rings. The maximum atomic E-state index is 9.35. The molecule has 0 fully saturated rings. The molecule has 1 aromatic carbocycles. The van der Waals surface area contributed by atoms with Crippen molar-refractivity contribution >= 4 is 17.4 Å². The zero-order chi connectivity index (χ0) is 13.5. The molecule has 3 heteroatoms. The minimum atomic E-state index is 0.416. The van der Waals surface area contributed by atoms with Crippen molar-refractivity contribution in [1.29, 1.82) is 5.26 Å². The molecule has 1 N–H and O–H groups in total. The molecule has 1 unspecified atom stereocenters. The normalized spacial score (nSPS) is 12.2. The summed E-state index contributed by atoms with van der Waals surface area (Å²) in [4.78, 5) is 1.07. The van der Waals surface area contributed by atoms with Gasteiger partial charge in [0.2, 0.25) is 0 Å². The SMILES string of the molecule is CCSc1cccc(NC(CC)C(C)C)c1C#N. The van der Waals surface area contributed by atoms with E-state index in [4.69, 9.17) is 0 Å². The van der Waals surface area contributed by atoms with Crippen molar-refractivity contribution in [2.24, 2.45) is 5.92 Å². The summed E-state index contributed by atoms with van der Waals surface area (Å²) in [6.45, 7) is 8.69. The highest BCUT2D eigenvalue weighted by atomic mass is 32.2. The average Bonchev–Trinajstić information content (AvgIpc) is 2.36. The number of anilines is 1. The van der Waals surface area contributed by atoms with Crippen molar-refractivity contribution in [3.63, 3.8) is 0 Å². The molecule has 0 radical (unpaired) electrons. The minimum Gasteiger partial charge on any atom is -0.381 e. The third-order valence-electron chi connectivity index (χ3n) is 3.02. The Kier molecular flexibility index (Phi) is 6.07. The first-order valence-electron chi connectivity index (χ1n) is 6.56. The molecule has 0 saturated heterocycles. The first kappa shape index (κ1) is 14.9. The van der Waals surface area contributed by atoms with Crippen molar-refractivity contribution in [2.45, 2.75) is 45.1 Å². The van der Waals surface area contributed by atoms with Crippen LogP contribution in [0.1, 0.15) is 39.7 Å². The number of nitriles is 1. The van der Waals surface area contributed by atoms with Crippen LogP contribution in [-0.2, 0) is 0 Å². The summed E-state index contributed by atoms with van der Waals surface area (Å²) in [5.41, 5.74) is 1.75. The molecule has 0 spiro atoms. The molecule has 2 nitrogen and oxygen atoms in total. The van der Waals surface area contributed by atoms with Crippen LogP contribution >= 0.6 is 11.8 Å². The quantitative estimate of drug-likeness (QED) is 0.766. The summed E-state index contributed by atoms with van der Waals surface area (Å²) in [6.07, 6.45) is 1.06. The van der Waals surface area contributed by atoms with Crippen molar-refractivity contribution in [3.05, 3.63) is 23.8 Å². The lowest BCUT2D eigenvalue weighted by molar-refractivity contribution is 0.511. The topological polar surface area (TPSA) is 35.8 Å². The number of hydrogen-bond donors (Lipinski definition) is 1. The number of nitrogens with one attached hydrogen (secondary N) is 1. The van der Waals surface area contributed by atoms with Gasteiger partial charge in [0, 0.05) is 10.9 Å². The molecule has 0 aliphatic carbocycles. The van der Waals surface area contributed by atoms with Gasteiger partial charge in [-0.3, -0.25) is 0 Å². The number of thioether (sulfide) groups is 1. The summed E-state index contributed by atoms with van der Waals surface area (Å²) >= 11 is 1.72. The van der Waals surface area contributed by atoms with Crippen molar-refractivity contribution < 1.29 is 0 Å². The third-order valence-corrected chi connectivity index (χ3v) is 3.96. The van der Waals surface area contributed by atoms with E-state index in [1.807, 2.05) is 18.2 Å². The summed E-state index contributed by atoms with van der Waals surface area (Å²) in [6, 6.07) is 8.80. The Hall–Kier alpha value is -1.14. The van der Waals surface area contributed by atoms with Crippen molar-refractivity contribution in [2.75, 3.05) is 11.1 Å². The molecule has 0 saturated carbocycles. The van der Waals surface area contributed by atoms with Crippen LogP contribution < -0.4 is 5.32 Å². The molecule has 0 heterocycles. The lowest BCUT2D eigenvalue weighted by Gasteiger charge is -2.23. The van der Waals surface area contributed by atoms with Gasteiger partial charge in [0.1, 0.15) is 6.07 Å². The van der Waals surface area contributed by atoms with Gasteiger partial charge in [-0.1, -0.05) is 33.8 Å². The van der Waals surface area contributed by atoms with E-state index in [1.54, 1.807) is 11.8 Å². The first-order valence-corrected chi connectivity index (χ1v) is 7.55. The molecule has 98 valence electrons. The number of hydrogen-bond acceptors (Lipinski definition) is 3. The van der Waals surface area contributed by atoms with Crippen LogP contribution in [0.25, 0.3) is 0 Å². The predicted octanol–water partition coefficient (Wildman–Crippen LogP) is 4.52. The molecule has 1 aromatic rings. The van der Waals surface area contributed by atoms with Crippen LogP contribution in [-0.4, -0.2) is 11.8 Å². The van der Waals surface area contributed by atoms with E-state index in [2.05, 4.69) is 39.1 Å². The van der Waals surface area contributed by atoms with Crippen LogP contribution in [0.3, 0.4) is 0 Å². The van der Waals surface area contributed by atoms with E-state index >= 15 is 0 Å². The second kappa shape index (κ2) is 7.33. The smallest absolute Gasteiger partial charge is 0.102 e. The maximum Gasteiger partial charge on any atom is 0.102 e. The van der Waals surface area contributed by atoms with Crippen LogP contribution in [0, 0.1) is 17.2 Å². The Balaban J connectivity index is 3.02. The predicted molar refractivity (Wildman–Crippen MR) is 80.1 cm³/mol. The van der Waals surface area contributed by atoms with Crippen LogP contribution in [0.2, 0.25) is 0 Å². The van der Waals surface area contributed by atoms with Gasteiger partial charge < -0.3 is 5.32 Å². The fraction of sp³-hybridized carbons (Fsp3) is 0.533. The van der Waals surface area contributed by atoms with Crippen LogP contribution in [0.4, 0.5) is 5.69 Å². The Morgan fingerprint density at radius 1 is 1.33 bits per heavy atom. The highest BCUT2D eigenvalue weighted by Gasteiger charge is 2.14. The van der Waals surface area contributed by atoms with E-state index in [9.17, 15) is 5.26 Å². The van der Waals surface area contributed by atoms with Crippen molar-refractivity contribution in [1.82, 2.24) is 0 Å². The molecule has 1 atom stereocenters. The standard InChI is InChI=1S/C15H22N2S/c1-5-13(11(3)4)17-14-8-7-9-15(18-6-2)12(14)10-16/h7-9,11,13,17H,5-6H2,1-4H3. The van der Waals surface area contributed by atoms with Crippen molar-refractivity contribution in [3.8, 4) is 6.07 Å². The third kappa shape index (κ3) is 3.68. The lowest BCUT2D eigenvalue weighted by atomic mass is 10.0. The zero-order valence-electron chi connectivity index (χ0n) is 11.7. The fourth-order valence-corrected chi connectivity index (χ4v) is 2.77. The molecule has 0 aliphatic heterocycles. The van der Waals surface area contributed by atoms with E-state index < -0.39 is 0 Å². The van der Waals surface area contributed by atoms with Gasteiger partial charge in [-0.25, -0.2) is 0 Å². The summed E-state index contributed by atoms with van der Waals surface area (Å²) in [7, 11) is 0. The van der Waals surface area contributed by atoms with E-state index in [-0.39, 0.29) is 0 Å². The zero-order valence-corrected chi connectivity index (χ0v) is 12.5. The Bertz CT molecular complexity index is 421. The summed E-state index contributed by atoms with van der Waals surface area (Å²) in [5.74, 6) is 1.54. The molecular formula is C15H22N2S. The lowest BCUT2D eigenvalue weighted by Crippen LogP contribution is -2.25. The maximum absolute atomic E-state index is 9.35. The van der Waals surface area contributed by atoms with Gasteiger partial charge in [0.05, 0.1) is 11.3 Å². The van der Waals surface area contributed by atoms with Crippen LogP contribution in [0.15, 0.2) is 23.1 Å². The van der Waals surface area contributed by atoms with Gasteiger partial charge in [-0.05, 0) is 30.2 Å². The number of nitrogens with zero attached hydrogens (tertiary/aromatic N) is 1. The summed E-state index contributed by atoms with van der Waals surface area (Å²) < 4.78 is 0. The largest absolute Gasteiger partial charge is 0.381 e. The Morgan fingerprint density at radius 3 is 2.56 bits per heavy atom. The molecular weight excluding hydrogens is 240 g/mol. The monoisotopic (exact) mass is 262 g/mol. The van der Waals surface area contributed by atoms with Gasteiger partial charge in [-0.2, -0.15) is 5.26 Å². The van der Waals surface area contributed by atoms with Gasteiger partial charge in [0.25, 0.3) is 0 Å². The Labute approximate surface area is 115 Å². The molecule has 1 rings (SSSR count). The molecule has 0 aromatic heterocycles. The molecule has 0 bridgehead atoms. The Morgan fingerprint density at radius 2 is 2.06 bits per heavy atom. The number of rotatable bonds is 6. The second-order valence-corrected chi connectivity index (χ2v) is 5.93. The van der Waals surface area contributed by atoms with E-state index in [0.29, 0.717) is 12.0 Å². The number of benzene rings is 1. The second-order valence-electron chi connectivity index (χ2n) is 4.63. The van der Waals surface area contributed by atoms with Gasteiger partial charge >= 0.3 is 0 Å². The summed E-state index contributed by atoms with van der Waals surface area (Å²) in [5, 5.41) is 12.9. The minimum absolute atomic E-state index is 0.416. The van der Waals surface area contributed by atoms with Crippen LogP contribution in [0.5, 0.6) is 0 Å². The average molecular weight is 262 g/mol. The fourth-order valence-electron chi connectivity index (χ4n) is 1.98. The van der Waals surface area contributed by atoms with Gasteiger partial charge in [0.15, 0.2) is 0 Å². The highest BCUT2D eigenvalue weighted by Crippen LogP contribution is 2.29. The van der Waals surface area contributed by atoms with E-state index in [1.165, 1.54) is 0 Å². The molecule has 18 heavy (non-hydrogen) atoms. The van der Waals surface area contributed by atoms with E-state index in [0.717, 1.165) is 28.3 Å². The highest BCUT2D eigenvalue weighted by molar-refractivity contribution is 7.99. The molecule has 0 amide bonds. The first-order chi connectivity index (χ1) is 8.63. The van der Waals surface area contributed by atoms with Gasteiger partial charge in [-0.15, -0.1) is 11.8 Å².